The maximum atomic E-state index is 12.7. The molecule has 45 heavy (non-hydrogen) atoms. The SMILES string of the molecule is CCCCc1nc(Cl)c(CO)n1Cc1ccc(-c2ccccc2-c2nnn(C(=O)OCc3cccc(CO[N+](=O)[O-])c3)n2)cc1. The highest BCUT2D eigenvalue weighted by molar-refractivity contribution is 6.30. The topological polar surface area (TPSA) is 160 Å². The summed E-state index contributed by atoms with van der Waals surface area (Å²) in [6, 6.07) is 22.2. The van der Waals surface area contributed by atoms with Gasteiger partial charge in [-0.25, -0.2) is 9.78 Å². The summed E-state index contributed by atoms with van der Waals surface area (Å²) in [5.41, 5.74) is 5.21. The van der Waals surface area contributed by atoms with E-state index in [0.29, 0.717) is 34.1 Å². The van der Waals surface area contributed by atoms with E-state index in [-0.39, 0.29) is 25.6 Å². The third-order valence-electron chi connectivity index (χ3n) is 7.05. The van der Waals surface area contributed by atoms with Crippen LogP contribution >= 0.6 is 11.6 Å². The van der Waals surface area contributed by atoms with Crippen molar-refractivity contribution in [3.8, 4) is 22.5 Å². The molecule has 0 aliphatic rings. The Bertz CT molecular complexity index is 1790. The Hall–Kier alpha value is -5.14. The number of benzene rings is 3. The molecule has 13 nitrogen and oxygen atoms in total. The van der Waals surface area contributed by atoms with Gasteiger partial charge in [-0.3, -0.25) is 0 Å². The van der Waals surface area contributed by atoms with Crippen LogP contribution in [0.4, 0.5) is 4.79 Å². The van der Waals surface area contributed by atoms with Crippen LogP contribution in [0.3, 0.4) is 0 Å². The van der Waals surface area contributed by atoms with Gasteiger partial charge in [-0.05, 0) is 39.5 Å². The summed E-state index contributed by atoms with van der Waals surface area (Å²) in [5, 5.41) is 32.0. The van der Waals surface area contributed by atoms with Crippen LogP contribution in [0.2, 0.25) is 5.15 Å². The molecule has 0 saturated heterocycles. The van der Waals surface area contributed by atoms with Gasteiger partial charge in [0.1, 0.15) is 19.0 Å². The molecule has 0 radical (unpaired) electrons. The van der Waals surface area contributed by atoms with E-state index in [0.717, 1.165) is 46.6 Å². The minimum absolute atomic E-state index is 0.101. The number of carbonyl (C=O) groups excluding carboxylic acids is 1. The molecule has 2 aromatic heterocycles. The van der Waals surface area contributed by atoms with Gasteiger partial charge in [-0.15, -0.1) is 20.3 Å². The van der Waals surface area contributed by atoms with Crippen molar-refractivity contribution in [3.63, 3.8) is 0 Å². The van der Waals surface area contributed by atoms with Crippen molar-refractivity contribution in [1.29, 1.82) is 0 Å². The smallest absolute Gasteiger partial charge is 0.442 e. The Morgan fingerprint density at radius 2 is 1.73 bits per heavy atom. The molecular formula is C31H30ClN7O6. The number of aryl methyl sites for hydroxylation is 1. The number of aromatic nitrogens is 6. The van der Waals surface area contributed by atoms with Crippen LogP contribution in [0.1, 0.15) is 48.0 Å². The minimum atomic E-state index is -0.870. The van der Waals surface area contributed by atoms with Gasteiger partial charge >= 0.3 is 6.09 Å². The van der Waals surface area contributed by atoms with Gasteiger partial charge < -0.3 is 19.2 Å². The molecule has 0 fully saturated rings. The van der Waals surface area contributed by atoms with Crippen molar-refractivity contribution in [1.82, 2.24) is 29.8 Å². The van der Waals surface area contributed by atoms with Gasteiger partial charge in [0, 0.05) is 18.5 Å². The summed E-state index contributed by atoms with van der Waals surface area (Å²) in [6.45, 7) is 2.13. The van der Waals surface area contributed by atoms with Crippen molar-refractivity contribution in [2.24, 2.45) is 0 Å². The van der Waals surface area contributed by atoms with Crippen molar-refractivity contribution in [3.05, 3.63) is 116 Å². The number of tetrazole rings is 1. The van der Waals surface area contributed by atoms with Crippen LogP contribution in [0.15, 0.2) is 72.8 Å². The number of hydrogen-bond acceptors (Lipinski definition) is 10. The molecule has 0 spiro atoms. The van der Waals surface area contributed by atoms with E-state index in [4.69, 9.17) is 16.3 Å². The number of aliphatic hydroxyl groups excluding tert-OH is 1. The summed E-state index contributed by atoms with van der Waals surface area (Å²) < 4.78 is 7.30. The lowest BCUT2D eigenvalue weighted by Crippen LogP contribution is -2.17. The number of carbonyl (C=O) groups is 1. The molecule has 5 rings (SSSR count). The number of unbranched alkanes of at least 4 members (excludes halogenated alkanes) is 1. The van der Waals surface area contributed by atoms with Crippen molar-refractivity contribution in [2.75, 3.05) is 0 Å². The Morgan fingerprint density at radius 3 is 2.44 bits per heavy atom. The van der Waals surface area contributed by atoms with E-state index in [1.807, 2.05) is 53.1 Å². The van der Waals surface area contributed by atoms with Crippen LogP contribution < -0.4 is 0 Å². The van der Waals surface area contributed by atoms with Crippen LogP contribution in [-0.2, 0) is 42.4 Å². The zero-order chi connectivity index (χ0) is 31.8. The first-order valence-electron chi connectivity index (χ1n) is 14.2. The first-order chi connectivity index (χ1) is 21.9. The highest BCUT2D eigenvalue weighted by Crippen LogP contribution is 2.30. The molecule has 14 heteroatoms. The summed E-state index contributed by atoms with van der Waals surface area (Å²) in [5.74, 6) is 1.09. The van der Waals surface area contributed by atoms with Crippen LogP contribution in [0.5, 0.6) is 0 Å². The summed E-state index contributed by atoms with van der Waals surface area (Å²) in [4.78, 5) is 32.7. The molecule has 0 aliphatic heterocycles. The number of hydrogen-bond donors (Lipinski definition) is 1. The van der Waals surface area contributed by atoms with Crippen molar-refractivity contribution >= 4 is 17.7 Å². The monoisotopic (exact) mass is 631 g/mol. The average Bonchev–Trinajstić information content (AvgIpc) is 3.66. The number of nitrogens with zero attached hydrogens (tertiary/aromatic N) is 7. The lowest BCUT2D eigenvalue weighted by molar-refractivity contribution is -0.763. The molecule has 0 bridgehead atoms. The molecule has 5 aromatic rings. The molecule has 2 heterocycles. The standard InChI is InChI=1S/C31H30ClN7O6/c1-2-3-11-28-33-29(32)27(18-40)37(28)17-21-12-14-24(15-13-21)25-9-4-5-10-26(25)30-34-36-38(35-30)31(41)44-19-22-7-6-8-23(16-22)20-45-39(42)43/h4-10,12-16,40H,2-3,11,17-20H2,1H3. The molecule has 1 N–H and O–H groups in total. The van der Waals surface area contributed by atoms with Gasteiger partial charge in [0.05, 0.1) is 12.3 Å². The summed E-state index contributed by atoms with van der Waals surface area (Å²) in [6.07, 6.45) is 1.94. The first kappa shape index (κ1) is 31.3. The fourth-order valence-corrected chi connectivity index (χ4v) is 5.07. The third-order valence-corrected chi connectivity index (χ3v) is 7.35. The van der Waals surface area contributed by atoms with E-state index in [1.165, 1.54) is 0 Å². The zero-order valence-electron chi connectivity index (χ0n) is 24.4. The molecule has 232 valence electrons. The molecule has 0 unspecified atom stereocenters. The molecular weight excluding hydrogens is 602 g/mol. The second-order valence-corrected chi connectivity index (χ2v) is 10.5. The lowest BCUT2D eigenvalue weighted by atomic mass is 9.98. The van der Waals surface area contributed by atoms with Crippen molar-refractivity contribution in [2.45, 2.75) is 52.6 Å². The van der Waals surface area contributed by atoms with E-state index >= 15 is 0 Å². The number of rotatable bonds is 13. The Labute approximate surface area is 263 Å². The Balaban J connectivity index is 1.29. The molecule has 0 saturated carbocycles. The Morgan fingerprint density at radius 1 is 1.00 bits per heavy atom. The number of aliphatic hydroxyl groups is 1. The number of halogens is 1. The van der Waals surface area contributed by atoms with Gasteiger partial charge in [0.25, 0.3) is 5.09 Å². The van der Waals surface area contributed by atoms with Crippen molar-refractivity contribution < 1.29 is 24.6 Å². The van der Waals surface area contributed by atoms with Gasteiger partial charge in [-0.1, -0.05) is 103 Å². The normalized spacial score (nSPS) is 11.0. The number of imidazole rings is 1. The van der Waals surface area contributed by atoms with E-state index < -0.39 is 11.2 Å². The first-order valence-corrected chi connectivity index (χ1v) is 14.6. The Kier molecular flexibility index (Phi) is 10.1. The predicted octanol–water partition coefficient (Wildman–Crippen LogP) is 5.63. The van der Waals surface area contributed by atoms with Gasteiger partial charge in [0.2, 0.25) is 5.82 Å². The average molecular weight is 632 g/mol. The van der Waals surface area contributed by atoms with Crippen LogP contribution in [0, 0.1) is 10.1 Å². The largest absolute Gasteiger partial charge is 0.454 e. The van der Waals surface area contributed by atoms with Gasteiger partial charge in [-0.2, -0.15) is 0 Å². The summed E-state index contributed by atoms with van der Waals surface area (Å²) >= 11 is 6.31. The van der Waals surface area contributed by atoms with E-state index in [2.05, 4.69) is 32.2 Å². The third kappa shape index (κ3) is 7.69. The second kappa shape index (κ2) is 14.6. The molecule has 0 atom stereocenters. The summed E-state index contributed by atoms with van der Waals surface area (Å²) in [7, 11) is 0. The van der Waals surface area contributed by atoms with E-state index in [1.54, 1.807) is 24.3 Å². The fourth-order valence-electron chi connectivity index (χ4n) is 4.81. The zero-order valence-corrected chi connectivity index (χ0v) is 25.1. The minimum Gasteiger partial charge on any atom is -0.442 e. The second-order valence-electron chi connectivity index (χ2n) is 10.1. The highest BCUT2D eigenvalue weighted by Gasteiger charge is 2.18. The quantitative estimate of drug-likeness (QED) is 0.127. The molecule has 3 aromatic carbocycles. The molecule has 0 aliphatic carbocycles. The fraction of sp³-hybridized carbons (Fsp3) is 0.258. The number of ether oxygens (including phenoxy) is 1. The van der Waals surface area contributed by atoms with E-state index in [9.17, 15) is 20.0 Å². The maximum absolute atomic E-state index is 12.7. The predicted molar refractivity (Wildman–Crippen MR) is 163 cm³/mol. The maximum Gasteiger partial charge on any atom is 0.454 e. The molecule has 0 amide bonds. The lowest BCUT2D eigenvalue weighted by Gasteiger charge is -2.12. The highest BCUT2D eigenvalue weighted by atomic mass is 35.5. The van der Waals surface area contributed by atoms with Gasteiger partial charge in [0.15, 0.2) is 5.15 Å². The van der Waals surface area contributed by atoms with Crippen LogP contribution in [0.25, 0.3) is 22.5 Å². The van der Waals surface area contributed by atoms with Crippen LogP contribution in [-0.4, -0.2) is 46.0 Å².